The zero-order chi connectivity index (χ0) is 23.5. The molecule has 2 aromatic rings. The third-order valence-electron chi connectivity index (χ3n) is 6.08. The van der Waals surface area contributed by atoms with Crippen molar-refractivity contribution in [1.29, 1.82) is 0 Å². The molecule has 1 fully saturated rings. The molecule has 3 rings (SSSR count). The first-order valence-corrected chi connectivity index (χ1v) is 12.0. The van der Waals surface area contributed by atoms with E-state index in [9.17, 15) is 0 Å². The van der Waals surface area contributed by atoms with Gasteiger partial charge in [0.1, 0.15) is 5.82 Å². The number of likely N-dealkylation sites (N-methyl/N-ethyl adjacent to an activating group) is 1. The Morgan fingerprint density at radius 3 is 2.61 bits per heavy atom. The highest BCUT2D eigenvalue weighted by Gasteiger charge is 2.16. The SMILES string of the molecule is C=NC(=Nc1ccc(C2CCCCC2)cc1)c1cc(NC)cnc1NCC(C)OCCNC. The lowest BCUT2D eigenvalue weighted by atomic mass is 9.84. The van der Waals surface area contributed by atoms with Gasteiger partial charge in [0.2, 0.25) is 0 Å². The molecule has 33 heavy (non-hydrogen) atoms. The molecule has 1 aromatic heterocycles. The number of anilines is 2. The molecular weight excluding hydrogens is 412 g/mol. The van der Waals surface area contributed by atoms with Gasteiger partial charge >= 0.3 is 0 Å². The van der Waals surface area contributed by atoms with E-state index in [1.54, 1.807) is 6.20 Å². The summed E-state index contributed by atoms with van der Waals surface area (Å²) < 4.78 is 5.80. The molecule has 7 heteroatoms. The van der Waals surface area contributed by atoms with E-state index in [1.807, 2.05) is 27.1 Å². The number of rotatable bonds is 11. The molecule has 1 aliphatic carbocycles. The van der Waals surface area contributed by atoms with Gasteiger partial charge in [-0.25, -0.2) is 15.0 Å². The van der Waals surface area contributed by atoms with Crippen molar-refractivity contribution >= 4 is 29.7 Å². The van der Waals surface area contributed by atoms with Gasteiger partial charge in [0.05, 0.1) is 35.8 Å². The first-order chi connectivity index (χ1) is 16.1. The second-order valence-corrected chi connectivity index (χ2v) is 8.56. The number of aromatic nitrogens is 1. The van der Waals surface area contributed by atoms with Crippen LogP contribution in [0.1, 0.15) is 56.1 Å². The maximum absolute atomic E-state index is 5.80. The molecule has 0 radical (unpaired) electrons. The standard InChI is InChI=1S/C26H38N6O/c1-19(33-15-14-27-2)17-30-26-24(16-23(28-3)18-31-26)25(29-4)32-22-12-10-21(11-13-22)20-8-6-5-7-9-20/h10-13,16,18-20,27-28H,4-9,14-15,17H2,1-3H3,(H,30,31). The average molecular weight is 451 g/mol. The molecular formula is C26H38N6O. The summed E-state index contributed by atoms with van der Waals surface area (Å²) in [6, 6.07) is 10.6. The maximum atomic E-state index is 5.80. The minimum atomic E-state index is 0.0430. The largest absolute Gasteiger partial charge is 0.387 e. The van der Waals surface area contributed by atoms with Crippen LogP contribution >= 0.6 is 0 Å². The van der Waals surface area contributed by atoms with Gasteiger partial charge in [-0.3, -0.25) is 0 Å². The minimum absolute atomic E-state index is 0.0430. The Labute approximate surface area is 198 Å². The summed E-state index contributed by atoms with van der Waals surface area (Å²) in [5, 5.41) is 9.62. The van der Waals surface area contributed by atoms with Gasteiger partial charge in [-0.15, -0.1) is 0 Å². The average Bonchev–Trinajstić information content (AvgIpc) is 2.87. The van der Waals surface area contributed by atoms with Crippen LogP contribution in [0.5, 0.6) is 0 Å². The highest BCUT2D eigenvalue weighted by molar-refractivity contribution is 6.06. The number of ether oxygens (including phenoxy) is 1. The molecule has 1 aromatic carbocycles. The van der Waals surface area contributed by atoms with Crippen molar-refractivity contribution in [2.75, 3.05) is 44.4 Å². The molecule has 1 unspecified atom stereocenters. The molecule has 1 heterocycles. The normalized spacial score (nSPS) is 15.8. The molecule has 0 bridgehead atoms. The van der Waals surface area contributed by atoms with E-state index in [0.717, 1.165) is 23.5 Å². The van der Waals surface area contributed by atoms with E-state index in [-0.39, 0.29) is 6.10 Å². The maximum Gasteiger partial charge on any atom is 0.162 e. The number of aliphatic imine (C=N–C) groups is 2. The van der Waals surface area contributed by atoms with Gasteiger partial charge in [0.25, 0.3) is 0 Å². The number of nitrogens with one attached hydrogen (secondary N) is 3. The zero-order valence-corrected chi connectivity index (χ0v) is 20.2. The van der Waals surface area contributed by atoms with Gasteiger partial charge in [-0.1, -0.05) is 31.4 Å². The Kier molecular flexibility index (Phi) is 9.84. The van der Waals surface area contributed by atoms with Crippen LogP contribution in [0.15, 0.2) is 46.5 Å². The van der Waals surface area contributed by atoms with Crippen LogP contribution in [0, 0.1) is 0 Å². The summed E-state index contributed by atoms with van der Waals surface area (Å²) >= 11 is 0. The van der Waals surface area contributed by atoms with Gasteiger partial charge in [0, 0.05) is 20.1 Å². The Hall–Kier alpha value is -2.77. The van der Waals surface area contributed by atoms with Gasteiger partial charge in [0.15, 0.2) is 5.84 Å². The van der Waals surface area contributed by atoms with Crippen molar-refractivity contribution < 1.29 is 4.74 Å². The summed E-state index contributed by atoms with van der Waals surface area (Å²) in [5.74, 6) is 1.93. The number of benzene rings is 1. The Bertz CT molecular complexity index is 905. The van der Waals surface area contributed by atoms with Crippen LogP contribution < -0.4 is 16.0 Å². The molecule has 178 valence electrons. The molecule has 0 aliphatic heterocycles. The Morgan fingerprint density at radius 1 is 1.18 bits per heavy atom. The highest BCUT2D eigenvalue weighted by Crippen LogP contribution is 2.33. The predicted octanol–water partition coefficient (Wildman–Crippen LogP) is 4.99. The van der Waals surface area contributed by atoms with Crippen LogP contribution in [0.2, 0.25) is 0 Å². The van der Waals surface area contributed by atoms with Crippen LogP contribution in [0.4, 0.5) is 17.2 Å². The zero-order valence-electron chi connectivity index (χ0n) is 20.2. The number of amidine groups is 1. The van der Waals surface area contributed by atoms with Crippen molar-refractivity contribution in [3.05, 3.63) is 47.7 Å². The van der Waals surface area contributed by atoms with Crippen molar-refractivity contribution in [3.63, 3.8) is 0 Å². The second kappa shape index (κ2) is 13.1. The number of hydrogen-bond acceptors (Lipinski definition) is 6. The topological polar surface area (TPSA) is 82.9 Å². The summed E-state index contributed by atoms with van der Waals surface area (Å²) in [6.07, 6.45) is 8.44. The van der Waals surface area contributed by atoms with Crippen LogP contribution in [-0.4, -0.2) is 57.4 Å². The molecule has 0 amide bonds. The van der Waals surface area contributed by atoms with Gasteiger partial charge in [-0.2, -0.15) is 0 Å². The lowest BCUT2D eigenvalue weighted by Gasteiger charge is -2.21. The van der Waals surface area contributed by atoms with Gasteiger partial charge < -0.3 is 20.7 Å². The summed E-state index contributed by atoms with van der Waals surface area (Å²) in [7, 11) is 3.78. The van der Waals surface area contributed by atoms with E-state index in [4.69, 9.17) is 9.73 Å². The molecule has 1 saturated carbocycles. The lowest BCUT2D eigenvalue weighted by Crippen LogP contribution is -2.25. The minimum Gasteiger partial charge on any atom is -0.387 e. The van der Waals surface area contributed by atoms with Crippen LogP contribution in [-0.2, 0) is 4.74 Å². The third-order valence-corrected chi connectivity index (χ3v) is 6.08. The molecule has 7 nitrogen and oxygen atoms in total. The number of nitrogens with zero attached hydrogens (tertiary/aromatic N) is 3. The lowest BCUT2D eigenvalue weighted by molar-refractivity contribution is 0.0776. The van der Waals surface area contributed by atoms with Crippen LogP contribution in [0.3, 0.4) is 0 Å². The number of pyridine rings is 1. The van der Waals surface area contributed by atoms with E-state index < -0.39 is 0 Å². The molecule has 3 N–H and O–H groups in total. The van der Waals surface area contributed by atoms with Crippen molar-refractivity contribution in [2.24, 2.45) is 9.98 Å². The van der Waals surface area contributed by atoms with E-state index in [2.05, 4.69) is 56.9 Å². The molecule has 0 saturated heterocycles. The third kappa shape index (κ3) is 7.37. The van der Waals surface area contributed by atoms with E-state index in [0.29, 0.717) is 30.7 Å². The van der Waals surface area contributed by atoms with E-state index in [1.165, 1.54) is 37.7 Å². The van der Waals surface area contributed by atoms with Crippen LogP contribution in [0.25, 0.3) is 0 Å². The summed E-state index contributed by atoms with van der Waals surface area (Å²) in [5.41, 5.74) is 3.96. The quantitative estimate of drug-likeness (QED) is 0.255. The predicted molar refractivity (Wildman–Crippen MR) is 140 cm³/mol. The first-order valence-electron chi connectivity index (χ1n) is 12.0. The Morgan fingerprint density at radius 2 is 1.94 bits per heavy atom. The smallest absolute Gasteiger partial charge is 0.162 e. The summed E-state index contributed by atoms with van der Waals surface area (Å²) in [4.78, 5) is 13.6. The fourth-order valence-corrected chi connectivity index (χ4v) is 4.13. The second-order valence-electron chi connectivity index (χ2n) is 8.56. The van der Waals surface area contributed by atoms with Crippen molar-refractivity contribution in [3.8, 4) is 0 Å². The summed E-state index contributed by atoms with van der Waals surface area (Å²) in [6.45, 7) is 7.93. The van der Waals surface area contributed by atoms with Crippen molar-refractivity contribution in [2.45, 2.75) is 51.0 Å². The fourth-order valence-electron chi connectivity index (χ4n) is 4.13. The number of hydrogen-bond donors (Lipinski definition) is 3. The van der Waals surface area contributed by atoms with Crippen molar-refractivity contribution in [1.82, 2.24) is 10.3 Å². The molecule has 1 aliphatic rings. The first kappa shape index (κ1) is 24.9. The highest BCUT2D eigenvalue weighted by atomic mass is 16.5. The fraction of sp³-hybridized carbons (Fsp3) is 0.500. The van der Waals surface area contributed by atoms with E-state index >= 15 is 0 Å². The molecule has 0 spiro atoms. The monoisotopic (exact) mass is 450 g/mol. The van der Waals surface area contributed by atoms with Gasteiger partial charge in [-0.05, 0) is 63.2 Å². The molecule has 1 atom stereocenters. The Balaban J connectivity index is 1.78.